The molecule has 2 saturated heterocycles. The number of rotatable bonds is 4. The van der Waals surface area contributed by atoms with Gasteiger partial charge in [0.15, 0.2) is 0 Å². The maximum Gasteiger partial charge on any atom is 0.0113 e. The lowest BCUT2D eigenvalue weighted by Gasteiger charge is -2.43. The maximum absolute atomic E-state index is 2.71. The third-order valence-electron chi connectivity index (χ3n) is 5.47. The predicted molar refractivity (Wildman–Crippen MR) is 87.1 cm³/mol. The summed E-state index contributed by atoms with van der Waals surface area (Å²) < 4.78 is 0. The second kappa shape index (κ2) is 7.24. The molecule has 0 aliphatic carbocycles. The Labute approximate surface area is 126 Å². The summed E-state index contributed by atoms with van der Waals surface area (Å²) in [5.41, 5.74) is 0. The summed E-state index contributed by atoms with van der Waals surface area (Å²) in [4.78, 5) is 7.98. The fraction of sp³-hybridized carbons (Fsp3) is 1.00. The Morgan fingerprint density at radius 3 is 1.95 bits per heavy atom. The third-order valence-corrected chi connectivity index (χ3v) is 5.47. The quantitative estimate of drug-likeness (QED) is 0.783. The van der Waals surface area contributed by atoms with E-state index < -0.39 is 0 Å². The van der Waals surface area contributed by atoms with Gasteiger partial charge in [-0.3, -0.25) is 4.90 Å². The van der Waals surface area contributed by atoms with Crippen molar-refractivity contribution in [2.24, 2.45) is 11.8 Å². The van der Waals surface area contributed by atoms with Gasteiger partial charge in [0.1, 0.15) is 0 Å². The molecule has 2 rings (SSSR count). The molecule has 20 heavy (non-hydrogen) atoms. The molecular formula is C17H35N3. The van der Waals surface area contributed by atoms with Crippen LogP contribution in [0.3, 0.4) is 0 Å². The van der Waals surface area contributed by atoms with Crippen LogP contribution in [-0.2, 0) is 0 Å². The summed E-state index contributed by atoms with van der Waals surface area (Å²) in [6, 6.07) is 1.43. The Hall–Kier alpha value is -0.120. The lowest BCUT2D eigenvalue weighted by Crippen LogP contribution is -2.52. The fourth-order valence-corrected chi connectivity index (χ4v) is 3.76. The lowest BCUT2D eigenvalue weighted by atomic mass is 9.85. The van der Waals surface area contributed by atoms with Crippen LogP contribution in [0.1, 0.15) is 41.0 Å². The minimum Gasteiger partial charge on any atom is -0.301 e. The van der Waals surface area contributed by atoms with E-state index in [1.807, 2.05) is 0 Å². The van der Waals surface area contributed by atoms with E-state index in [1.165, 1.54) is 52.2 Å². The van der Waals surface area contributed by atoms with Crippen LogP contribution in [0.15, 0.2) is 0 Å². The molecule has 0 unspecified atom stereocenters. The van der Waals surface area contributed by atoms with Gasteiger partial charge in [-0.1, -0.05) is 6.92 Å². The second-order valence-electron chi connectivity index (χ2n) is 7.55. The largest absolute Gasteiger partial charge is 0.301 e. The van der Waals surface area contributed by atoms with Crippen molar-refractivity contribution in [3.63, 3.8) is 0 Å². The molecule has 0 saturated carbocycles. The summed E-state index contributed by atoms with van der Waals surface area (Å²) >= 11 is 0. The lowest BCUT2D eigenvalue weighted by molar-refractivity contribution is 0.0518. The van der Waals surface area contributed by atoms with E-state index in [4.69, 9.17) is 0 Å². The van der Waals surface area contributed by atoms with Crippen LogP contribution in [0.2, 0.25) is 0 Å². The smallest absolute Gasteiger partial charge is 0.0113 e. The van der Waals surface area contributed by atoms with Crippen molar-refractivity contribution in [3.05, 3.63) is 0 Å². The molecule has 0 aromatic heterocycles. The number of nitrogens with zero attached hydrogens (tertiary/aromatic N) is 3. The Balaban J connectivity index is 1.75. The normalized spacial score (nSPS) is 31.4. The van der Waals surface area contributed by atoms with Gasteiger partial charge in [-0.25, -0.2) is 0 Å². The van der Waals surface area contributed by atoms with Crippen molar-refractivity contribution in [2.75, 3.05) is 45.8 Å². The zero-order valence-corrected chi connectivity index (χ0v) is 14.3. The van der Waals surface area contributed by atoms with Crippen molar-refractivity contribution in [1.29, 1.82) is 0 Å². The molecule has 2 aliphatic heterocycles. The molecular weight excluding hydrogens is 246 g/mol. The van der Waals surface area contributed by atoms with E-state index in [1.54, 1.807) is 0 Å². The average Bonchev–Trinajstić information content (AvgIpc) is 2.41. The van der Waals surface area contributed by atoms with Crippen molar-refractivity contribution >= 4 is 0 Å². The second-order valence-corrected chi connectivity index (χ2v) is 7.55. The van der Waals surface area contributed by atoms with Gasteiger partial charge in [-0.05, 0) is 52.5 Å². The van der Waals surface area contributed by atoms with Crippen molar-refractivity contribution in [3.8, 4) is 0 Å². The molecule has 3 nitrogen and oxygen atoms in total. The van der Waals surface area contributed by atoms with Gasteiger partial charge in [0.25, 0.3) is 0 Å². The monoisotopic (exact) mass is 281 g/mol. The minimum absolute atomic E-state index is 0.713. The fourth-order valence-electron chi connectivity index (χ4n) is 3.76. The van der Waals surface area contributed by atoms with Gasteiger partial charge in [0, 0.05) is 51.4 Å². The van der Waals surface area contributed by atoms with Crippen LogP contribution in [0, 0.1) is 11.8 Å². The summed E-state index contributed by atoms with van der Waals surface area (Å²) in [6.45, 7) is 20.8. The molecule has 0 aromatic carbocycles. The van der Waals surface area contributed by atoms with Gasteiger partial charge in [0.2, 0.25) is 0 Å². The van der Waals surface area contributed by atoms with Crippen molar-refractivity contribution in [1.82, 2.24) is 14.7 Å². The van der Waals surface area contributed by atoms with Gasteiger partial charge in [-0.15, -0.1) is 0 Å². The van der Waals surface area contributed by atoms with E-state index in [0.29, 0.717) is 12.1 Å². The standard InChI is InChI=1S/C17H35N3/c1-14(2)19-10-8-18(9-11-19)13-17-6-7-20(15(3)4)12-16(17)5/h14-17H,6-13H2,1-5H3/t16-,17+/m1/s1. The Morgan fingerprint density at radius 1 is 0.850 bits per heavy atom. The zero-order chi connectivity index (χ0) is 14.7. The van der Waals surface area contributed by atoms with Gasteiger partial charge in [-0.2, -0.15) is 0 Å². The van der Waals surface area contributed by atoms with Crippen LogP contribution in [0.4, 0.5) is 0 Å². The van der Waals surface area contributed by atoms with E-state index in [-0.39, 0.29) is 0 Å². The molecule has 0 amide bonds. The SMILES string of the molecule is CC(C)N1CCN(C[C@@H]2CCN(C(C)C)C[C@H]2C)CC1. The molecule has 0 N–H and O–H groups in total. The molecule has 0 aromatic rings. The highest BCUT2D eigenvalue weighted by atomic mass is 15.3. The van der Waals surface area contributed by atoms with Crippen molar-refractivity contribution in [2.45, 2.75) is 53.1 Å². The molecule has 2 aliphatic rings. The topological polar surface area (TPSA) is 9.72 Å². The Morgan fingerprint density at radius 2 is 1.45 bits per heavy atom. The van der Waals surface area contributed by atoms with E-state index in [2.05, 4.69) is 49.3 Å². The van der Waals surface area contributed by atoms with Gasteiger partial charge >= 0.3 is 0 Å². The number of piperidine rings is 1. The van der Waals surface area contributed by atoms with Crippen LogP contribution in [0.5, 0.6) is 0 Å². The Bertz CT molecular complexity index is 282. The number of hydrogen-bond donors (Lipinski definition) is 0. The molecule has 3 heteroatoms. The molecule has 0 spiro atoms. The first-order valence-electron chi connectivity index (χ1n) is 8.67. The highest BCUT2D eigenvalue weighted by molar-refractivity contribution is 4.83. The highest BCUT2D eigenvalue weighted by Gasteiger charge is 2.29. The summed E-state index contributed by atoms with van der Waals surface area (Å²) in [7, 11) is 0. The number of likely N-dealkylation sites (tertiary alicyclic amines) is 1. The first-order valence-corrected chi connectivity index (χ1v) is 8.67. The molecule has 0 bridgehead atoms. The minimum atomic E-state index is 0.713. The summed E-state index contributed by atoms with van der Waals surface area (Å²) in [5.74, 6) is 1.77. The average molecular weight is 281 g/mol. The van der Waals surface area contributed by atoms with Crippen LogP contribution in [-0.4, -0.2) is 72.6 Å². The number of hydrogen-bond acceptors (Lipinski definition) is 3. The highest BCUT2D eigenvalue weighted by Crippen LogP contribution is 2.25. The molecule has 2 heterocycles. The molecule has 0 radical (unpaired) electrons. The van der Waals surface area contributed by atoms with Crippen molar-refractivity contribution < 1.29 is 0 Å². The van der Waals surface area contributed by atoms with E-state index >= 15 is 0 Å². The summed E-state index contributed by atoms with van der Waals surface area (Å²) in [5, 5.41) is 0. The van der Waals surface area contributed by atoms with Crippen LogP contribution in [0.25, 0.3) is 0 Å². The molecule has 2 atom stereocenters. The maximum atomic E-state index is 2.71. The molecule has 118 valence electrons. The van der Waals surface area contributed by atoms with Crippen LogP contribution < -0.4 is 0 Å². The predicted octanol–water partition coefficient (Wildman–Crippen LogP) is 2.38. The van der Waals surface area contributed by atoms with Gasteiger partial charge in [0.05, 0.1) is 0 Å². The van der Waals surface area contributed by atoms with E-state index in [9.17, 15) is 0 Å². The Kier molecular flexibility index (Phi) is 5.88. The first kappa shape index (κ1) is 16.3. The molecule has 2 fully saturated rings. The summed E-state index contributed by atoms with van der Waals surface area (Å²) in [6.07, 6.45) is 1.39. The van der Waals surface area contributed by atoms with Gasteiger partial charge < -0.3 is 9.80 Å². The first-order chi connectivity index (χ1) is 9.47. The number of piperazine rings is 1. The zero-order valence-electron chi connectivity index (χ0n) is 14.3. The van der Waals surface area contributed by atoms with E-state index in [0.717, 1.165) is 11.8 Å². The van der Waals surface area contributed by atoms with Crippen LogP contribution >= 0.6 is 0 Å². The third kappa shape index (κ3) is 4.19.